The van der Waals surface area contributed by atoms with E-state index in [9.17, 15) is 15.3 Å². The van der Waals surface area contributed by atoms with Crippen LogP contribution in [0, 0.1) is 41.5 Å². The highest BCUT2D eigenvalue weighted by Crippen LogP contribution is 2.46. The van der Waals surface area contributed by atoms with E-state index in [2.05, 4.69) is 4.90 Å². The van der Waals surface area contributed by atoms with Crippen molar-refractivity contribution in [2.75, 3.05) is 4.90 Å². The minimum atomic E-state index is 0.181. The molecule has 0 aliphatic rings. The Hall–Kier alpha value is -4.12. The summed E-state index contributed by atoms with van der Waals surface area (Å²) >= 11 is 0. The van der Waals surface area contributed by atoms with E-state index in [0.717, 1.165) is 50.4 Å². The number of phenols is 3. The van der Waals surface area contributed by atoms with Gasteiger partial charge in [-0.15, -0.1) is 0 Å². The summed E-state index contributed by atoms with van der Waals surface area (Å²) in [5, 5.41) is 31.3. The molecule has 0 aliphatic carbocycles. The molecular weight excluding hydrogens is 438 g/mol. The van der Waals surface area contributed by atoms with Crippen LogP contribution in [-0.4, -0.2) is 15.3 Å². The average molecular weight is 470 g/mol. The summed E-state index contributed by atoms with van der Waals surface area (Å²) in [6.07, 6.45) is 0. The Morgan fingerprint density at radius 3 is 1.71 bits per heavy atom. The monoisotopic (exact) mass is 469 g/mol. The third kappa shape index (κ3) is 4.50. The van der Waals surface area contributed by atoms with Crippen molar-refractivity contribution in [1.29, 1.82) is 0 Å². The van der Waals surface area contributed by atoms with Gasteiger partial charge in [-0.2, -0.15) is 0 Å². The summed E-state index contributed by atoms with van der Waals surface area (Å²) < 4.78 is 6.19. The van der Waals surface area contributed by atoms with Crippen molar-refractivity contribution in [3.8, 4) is 28.7 Å². The number of aromatic hydroxyl groups is 3. The molecule has 4 aromatic rings. The molecule has 0 spiro atoms. The molecule has 180 valence electrons. The SMILES string of the molecule is Cc1cc(C)c(Oc2cccc(N(c3c(C)ccc(O)c3C)c3c(C)ccc(O)c3C)c2)cc1O. The predicted octanol–water partition coefficient (Wildman–Crippen LogP) is 7.92. The second-order valence-corrected chi connectivity index (χ2v) is 9.09. The first-order valence-electron chi connectivity index (χ1n) is 11.5. The van der Waals surface area contributed by atoms with Gasteiger partial charge in [-0.3, -0.25) is 0 Å². The quantitative estimate of drug-likeness (QED) is 0.277. The van der Waals surface area contributed by atoms with Crippen LogP contribution in [0.5, 0.6) is 28.7 Å². The Morgan fingerprint density at radius 2 is 1.14 bits per heavy atom. The first-order chi connectivity index (χ1) is 16.6. The summed E-state index contributed by atoms with van der Waals surface area (Å²) in [7, 11) is 0. The number of ether oxygens (including phenoxy) is 1. The van der Waals surface area contributed by atoms with Crippen LogP contribution >= 0.6 is 0 Å². The van der Waals surface area contributed by atoms with Crippen molar-refractivity contribution in [1.82, 2.24) is 0 Å². The van der Waals surface area contributed by atoms with E-state index in [1.54, 1.807) is 18.2 Å². The van der Waals surface area contributed by atoms with Gasteiger partial charge in [0.1, 0.15) is 28.7 Å². The molecule has 0 aromatic heterocycles. The topological polar surface area (TPSA) is 73.2 Å². The van der Waals surface area contributed by atoms with E-state index in [4.69, 9.17) is 4.74 Å². The molecule has 0 bridgehead atoms. The number of anilines is 3. The third-order valence-electron chi connectivity index (χ3n) is 6.45. The fraction of sp³-hybridized carbons (Fsp3) is 0.200. The normalized spacial score (nSPS) is 10.9. The average Bonchev–Trinajstić information content (AvgIpc) is 2.82. The van der Waals surface area contributed by atoms with Crippen molar-refractivity contribution < 1.29 is 20.1 Å². The van der Waals surface area contributed by atoms with Crippen LogP contribution in [0.2, 0.25) is 0 Å². The van der Waals surface area contributed by atoms with Crippen molar-refractivity contribution in [3.05, 3.63) is 94.0 Å². The molecule has 5 nitrogen and oxygen atoms in total. The summed E-state index contributed by atoms with van der Waals surface area (Å²) in [5.74, 6) is 1.75. The van der Waals surface area contributed by atoms with Gasteiger partial charge in [-0.25, -0.2) is 0 Å². The number of aryl methyl sites for hydroxylation is 4. The molecule has 0 fully saturated rings. The van der Waals surface area contributed by atoms with E-state index in [1.165, 1.54) is 0 Å². The molecule has 4 rings (SSSR count). The zero-order valence-electron chi connectivity index (χ0n) is 21.0. The molecule has 0 unspecified atom stereocenters. The fourth-order valence-electron chi connectivity index (χ4n) is 4.45. The van der Waals surface area contributed by atoms with Crippen molar-refractivity contribution in [2.45, 2.75) is 41.5 Å². The maximum absolute atomic E-state index is 10.6. The maximum Gasteiger partial charge on any atom is 0.134 e. The predicted molar refractivity (Wildman–Crippen MR) is 141 cm³/mol. The van der Waals surface area contributed by atoms with Crippen LogP contribution in [0.15, 0.2) is 60.7 Å². The van der Waals surface area contributed by atoms with Gasteiger partial charge in [0.15, 0.2) is 0 Å². The molecule has 0 saturated carbocycles. The molecule has 5 heteroatoms. The van der Waals surface area contributed by atoms with E-state index in [-0.39, 0.29) is 17.2 Å². The standard InChI is InChI=1S/C30H31NO4/c1-17-10-12-25(32)21(5)29(17)31(30-18(2)11-13-26(33)22(30)6)23-8-7-9-24(15-23)35-28-16-27(34)19(3)14-20(28)4/h7-16,32-34H,1-6H3. The van der Waals surface area contributed by atoms with Crippen molar-refractivity contribution in [3.63, 3.8) is 0 Å². The van der Waals surface area contributed by atoms with Gasteiger partial charge in [-0.05, 0) is 94.1 Å². The Kier molecular flexibility index (Phi) is 6.35. The lowest BCUT2D eigenvalue weighted by molar-refractivity contribution is 0.450. The number of hydrogen-bond donors (Lipinski definition) is 3. The smallest absolute Gasteiger partial charge is 0.134 e. The summed E-state index contributed by atoms with van der Waals surface area (Å²) in [6, 6.07) is 18.3. The van der Waals surface area contributed by atoms with Crippen molar-refractivity contribution in [2.24, 2.45) is 0 Å². The first kappa shape index (κ1) is 24.0. The van der Waals surface area contributed by atoms with E-state index < -0.39 is 0 Å². The lowest BCUT2D eigenvalue weighted by Crippen LogP contribution is -2.15. The van der Waals surface area contributed by atoms with Gasteiger partial charge in [0.25, 0.3) is 0 Å². The van der Waals surface area contributed by atoms with Crippen LogP contribution in [0.4, 0.5) is 17.1 Å². The van der Waals surface area contributed by atoms with Gasteiger partial charge in [0.05, 0.1) is 11.4 Å². The minimum absolute atomic E-state index is 0.181. The van der Waals surface area contributed by atoms with Gasteiger partial charge in [-0.1, -0.05) is 18.2 Å². The number of nitrogens with zero attached hydrogens (tertiary/aromatic N) is 1. The maximum atomic E-state index is 10.6. The van der Waals surface area contributed by atoms with Crippen LogP contribution in [0.3, 0.4) is 0 Å². The summed E-state index contributed by atoms with van der Waals surface area (Å²) in [4.78, 5) is 2.06. The molecule has 0 atom stereocenters. The fourth-order valence-corrected chi connectivity index (χ4v) is 4.45. The number of rotatable bonds is 5. The highest BCUT2D eigenvalue weighted by molar-refractivity contribution is 5.85. The first-order valence-corrected chi connectivity index (χ1v) is 11.5. The Balaban J connectivity index is 1.92. The van der Waals surface area contributed by atoms with E-state index in [1.807, 2.05) is 84.0 Å². The minimum Gasteiger partial charge on any atom is -0.508 e. The van der Waals surface area contributed by atoms with Crippen molar-refractivity contribution >= 4 is 17.1 Å². The molecule has 3 N–H and O–H groups in total. The molecule has 0 aliphatic heterocycles. The van der Waals surface area contributed by atoms with Gasteiger partial charge < -0.3 is 25.0 Å². The molecular formula is C30H31NO4. The van der Waals surface area contributed by atoms with Crippen LogP contribution in [-0.2, 0) is 0 Å². The summed E-state index contributed by atoms with van der Waals surface area (Å²) in [6.45, 7) is 11.6. The molecule has 35 heavy (non-hydrogen) atoms. The number of benzene rings is 4. The molecule has 0 heterocycles. The lowest BCUT2D eigenvalue weighted by atomic mass is 10.0. The number of phenolic OH excluding ortho intramolecular Hbond substituents is 3. The van der Waals surface area contributed by atoms with Gasteiger partial charge in [0.2, 0.25) is 0 Å². The highest BCUT2D eigenvalue weighted by Gasteiger charge is 2.23. The molecule has 0 radical (unpaired) electrons. The van der Waals surface area contributed by atoms with Gasteiger partial charge >= 0.3 is 0 Å². The zero-order chi connectivity index (χ0) is 25.4. The number of hydrogen-bond acceptors (Lipinski definition) is 5. The molecule has 4 aromatic carbocycles. The highest BCUT2D eigenvalue weighted by atomic mass is 16.5. The lowest BCUT2D eigenvalue weighted by Gasteiger charge is -2.32. The summed E-state index contributed by atoms with van der Waals surface area (Å²) in [5.41, 5.74) is 7.62. The largest absolute Gasteiger partial charge is 0.508 e. The second kappa shape index (κ2) is 9.26. The molecule has 0 saturated heterocycles. The second-order valence-electron chi connectivity index (χ2n) is 9.09. The zero-order valence-corrected chi connectivity index (χ0v) is 21.0. The van der Waals surface area contributed by atoms with Gasteiger partial charge in [0, 0.05) is 28.9 Å². The van der Waals surface area contributed by atoms with Crippen LogP contribution < -0.4 is 9.64 Å². The Morgan fingerprint density at radius 1 is 0.571 bits per heavy atom. The van der Waals surface area contributed by atoms with Crippen LogP contribution in [0.1, 0.15) is 33.4 Å². The van der Waals surface area contributed by atoms with Crippen LogP contribution in [0.25, 0.3) is 0 Å². The Labute approximate surface area is 206 Å². The third-order valence-corrected chi connectivity index (χ3v) is 6.45. The Bertz CT molecular complexity index is 1370. The van der Waals surface area contributed by atoms with E-state index in [0.29, 0.717) is 11.5 Å². The van der Waals surface area contributed by atoms with E-state index >= 15 is 0 Å². The molecule has 0 amide bonds.